The highest BCUT2D eigenvalue weighted by Crippen LogP contribution is 2.08. The van der Waals surface area contributed by atoms with E-state index in [1.54, 1.807) is 0 Å². The number of hydrogen-bond donors (Lipinski definition) is 3. The Bertz CT molecular complexity index is 576. The fraction of sp³-hybridized carbons (Fsp3) is 0.125. The van der Waals surface area contributed by atoms with Crippen LogP contribution in [0.25, 0.3) is 0 Å². The van der Waals surface area contributed by atoms with Crippen molar-refractivity contribution in [2.24, 2.45) is 0 Å². The SMILES string of the molecule is O=C(O)c1ccccc1C(=O)O.OCCOc1ccccc1. The van der Waals surface area contributed by atoms with Crippen LogP contribution in [-0.4, -0.2) is 40.5 Å². The standard InChI is InChI=1S/C8H6O4.C8H10O2/c9-7(10)5-3-1-2-4-6(5)8(11)12;9-6-7-10-8-4-2-1-3-5-8/h1-4H,(H,9,10)(H,11,12);1-5,9H,6-7H2. The highest BCUT2D eigenvalue weighted by atomic mass is 16.5. The molecule has 0 heterocycles. The predicted molar refractivity (Wildman–Crippen MR) is 79.4 cm³/mol. The lowest BCUT2D eigenvalue weighted by Gasteiger charge is -2.01. The smallest absolute Gasteiger partial charge is 0.336 e. The molecule has 0 bridgehead atoms. The van der Waals surface area contributed by atoms with E-state index in [2.05, 4.69) is 0 Å². The molecule has 0 radical (unpaired) electrons. The fourth-order valence-electron chi connectivity index (χ4n) is 1.54. The number of para-hydroxylation sites is 1. The molecule has 0 spiro atoms. The Morgan fingerprint density at radius 1 is 0.818 bits per heavy atom. The molecule has 0 aliphatic rings. The van der Waals surface area contributed by atoms with Crippen molar-refractivity contribution >= 4 is 11.9 Å². The summed E-state index contributed by atoms with van der Waals surface area (Å²) in [5.41, 5.74) is -0.380. The lowest BCUT2D eigenvalue weighted by atomic mass is 10.1. The summed E-state index contributed by atoms with van der Waals surface area (Å²) in [5.74, 6) is -1.66. The first kappa shape index (κ1) is 17.2. The van der Waals surface area contributed by atoms with Crippen molar-refractivity contribution in [3.63, 3.8) is 0 Å². The Morgan fingerprint density at radius 3 is 1.68 bits per heavy atom. The molecule has 22 heavy (non-hydrogen) atoms. The lowest BCUT2D eigenvalue weighted by Crippen LogP contribution is -2.06. The molecule has 0 atom stereocenters. The van der Waals surface area contributed by atoms with Crippen molar-refractivity contribution in [3.8, 4) is 5.75 Å². The average Bonchev–Trinajstić information content (AvgIpc) is 2.54. The van der Waals surface area contributed by atoms with E-state index in [4.69, 9.17) is 20.1 Å². The van der Waals surface area contributed by atoms with Crippen molar-refractivity contribution in [3.05, 3.63) is 65.7 Å². The fourth-order valence-corrected chi connectivity index (χ4v) is 1.54. The molecule has 0 amide bonds. The molecule has 0 unspecified atom stereocenters. The van der Waals surface area contributed by atoms with Crippen LogP contribution in [0.1, 0.15) is 20.7 Å². The van der Waals surface area contributed by atoms with Gasteiger partial charge in [0.1, 0.15) is 12.4 Å². The number of carbonyl (C=O) groups is 2. The molecule has 0 saturated carbocycles. The number of benzene rings is 2. The molecular weight excluding hydrogens is 288 g/mol. The Balaban J connectivity index is 0.000000224. The van der Waals surface area contributed by atoms with Gasteiger partial charge in [-0.15, -0.1) is 0 Å². The van der Waals surface area contributed by atoms with Crippen LogP contribution in [-0.2, 0) is 0 Å². The second-order valence-corrected chi connectivity index (χ2v) is 4.04. The van der Waals surface area contributed by atoms with Gasteiger partial charge in [-0.3, -0.25) is 0 Å². The van der Waals surface area contributed by atoms with Gasteiger partial charge in [-0.1, -0.05) is 30.3 Å². The number of rotatable bonds is 5. The number of hydrogen-bond acceptors (Lipinski definition) is 4. The summed E-state index contributed by atoms with van der Waals surface area (Å²) in [6.07, 6.45) is 0. The van der Waals surface area contributed by atoms with E-state index >= 15 is 0 Å². The number of aliphatic hydroxyl groups is 1. The summed E-state index contributed by atoms with van der Waals surface area (Å²) < 4.78 is 5.11. The summed E-state index contributed by atoms with van der Waals surface area (Å²) in [6.45, 7) is 0.429. The zero-order valence-corrected chi connectivity index (χ0v) is 11.7. The molecule has 2 aromatic carbocycles. The van der Waals surface area contributed by atoms with Crippen molar-refractivity contribution in [2.75, 3.05) is 13.2 Å². The minimum Gasteiger partial charge on any atom is -0.491 e. The first-order valence-corrected chi connectivity index (χ1v) is 6.40. The van der Waals surface area contributed by atoms with E-state index in [1.807, 2.05) is 30.3 Å². The third-order valence-electron chi connectivity index (χ3n) is 2.49. The maximum Gasteiger partial charge on any atom is 0.336 e. The summed E-state index contributed by atoms with van der Waals surface area (Å²) >= 11 is 0. The van der Waals surface area contributed by atoms with Crippen LogP contribution in [0.5, 0.6) is 5.75 Å². The normalized spacial score (nSPS) is 9.32. The third-order valence-corrected chi connectivity index (χ3v) is 2.49. The number of aliphatic hydroxyl groups excluding tert-OH is 1. The van der Waals surface area contributed by atoms with Gasteiger partial charge in [0, 0.05) is 0 Å². The van der Waals surface area contributed by atoms with Crippen molar-refractivity contribution in [1.82, 2.24) is 0 Å². The van der Waals surface area contributed by atoms with Gasteiger partial charge in [-0.05, 0) is 24.3 Å². The Hall–Kier alpha value is -2.86. The van der Waals surface area contributed by atoms with Crippen molar-refractivity contribution in [2.45, 2.75) is 0 Å². The quantitative estimate of drug-likeness (QED) is 0.782. The van der Waals surface area contributed by atoms with E-state index in [0.29, 0.717) is 6.61 Å². The molecule has 116 valence electrons. The van der Waals surface area contributed by atoms with Gasteiger partial charge in [0.2, 0.25) is 0 Å². The predicted octanol–water partition coefficient (Wildman–Crippen LogP) is 2.14. The Morgan fingerprint density at radius 2 is 1.27 bits per heavy atom. The largest absolute Gasteiger partial charge is 0.491 e. The first-order chi connectivity index (χ1) is 10.6. The second kappa shape index (κ2) is 9.15. The molecule has 2 rings (SSSR count). The van der Waals surface area contributed by atoms with Crippen LogP contribution in [0.2, 0.25) is 0 Å². The van der Waals surface area contributed by atoms with Gasteiger partial charge in [-0.25, -0.2) is 9.59 Å². The molecule has 0 fully saturated rings. The number of carboxylic acid groups (broad SMARTS) is 2. The minimum absolute atomic E-state index is 0.0644. The third kappa shape index (κ3) is 5.64. The molecule has 0 saturated heterocycles. The molecule has 0 aliphatic heterocycles. The molecule has 3 N–H and O–H groups in total. The molecule has 0 aliphatic carbocycles. The summed E-state index contributed by atoms with van der Waals surface area (Å²) in [6, 6.07) is 14.9. The van der Waals surface area contributed by atoms with Crippen LogP contribution >= 0.6 is 0 Å². The zero-order valence-electron chi connectivity index (χ0n) is 11.7. The van der Waals surface area contributed by atoms with Gasteiger partial charge >= 0.3 is 11.9 Å². The van der Waals surface area contributed by atoms with Crippen LogP contribution in [0.4, 0.5) is 0 Å². The van der Waals surface area contributed by atoms with Crippen molar-refractivity contribution in [1.29, 1.82) is 0 Å². The summed E-state index contributed by atoms with van der Waals surface area (Å²) in [5, 5.41) is 25.5. The average molecular weight is 304 g/mol. The van der Waals surface area contributed by atoms with E-state index in [9.17, 15) is 9.59 Å². The summed E-state index contributed by atoms with van der Waals surface area (Å²) in [4.78, 5) is 20.9. The Kier molecular flexibility index (Phi) is 7.15. The highest BCUT2D eigenvalue weighted by Gasteiger charge is 2.13. The van der Waals surface area contributed by atoms with E-state index in [-0.39, 0.29) is 17.7 Å². The lowest BCUT2D eigenvalue weighted by molar-refractivity contribution is 0.0651. The van der Waals surface area contributed by atoms with E-state index in [0.717, 1.165) is 5.75 Å². The molecule has 2 aromatic rings. The maximum atomic E-state index is 10.5. The number of carboxylic acids is 2. The molecule has 6 nitrogen and oxygen atoms in total. The van der Waals surface area contributed by atoms with Crippen LogP contribution < -0.4 is 4.74 Å². The van der Waals surface area contributed by atoms with Crippen molar-refractivity contribution < 1.29 is 29.6 Å². The first-order valence-electron chi connectivity index (χ1n) is 6.40. The topological polar surface area (TPSA) is 104 Å². The number of aromatic carboxylic acids is 2. The minimum atomic E-state index is -1.23. The van der Waals surface area contributed by atoms with Gasteiger partial charge < -0.3 is 20.1 Å². The van der Waals surface area contributed by atoms with Crippen LogP contribution in [0.3, 0.4) is 0 Å². The molecule has 0 aromatic heterocycles. The van der Waals surface area contributed by atoms with Gasteiger partial charge in [-0.2, -0.15) is 0 Å². The molecular formula is C16H16O6. The monoisotopic (exact) mass is 304 g/mol. The zero-order chi connectivity index (χ0) is 16.4. The Labute approximate surface area is 127 Å². The number of ether oxygens (including phenoxy) is 1. The maximum absolute atomic E-state index is 10.5. The summed E-state index contributed by atoms with van der Waals surface area (Å²) in [7, 11) is 0. The van der Waals surface area contributed by atoms with Crippen LogP contribution in [0.15, 0.2) is 54.6 Å². The molecule has 6 heteroatoms. The highest BCUT2D eigenvalue weighted by molar-refractivity contribution is 6.01. The van der Waals surface area contributed by atoms with Crippen LogP contribution in [0, 0.1) is 0 Å². The van der Waals surface area contributed by atoms with E-state index < -0.39 is 11.9 Å². The van der Waals surface area contributed by atoms with Gasteiger partial charge in [0.05, 0.1) is 17.7 Å². The van der Waals surface area contributed by atoms with Gasteiger partial charge in [0.15, 0.2) is 0 Å². The second-order valence-electron chi connectivity index (χ2n) is 4.04. The van der Waals surface area contributed by atoms with Gasteiger partial charge in [0.25, 0.3) is 0 Å². The van der Waals surface area contributed by atoms with E-state index in [1.165, 1.54) is 24.3 Å².